The van der Waals surface area contributed by atoms with E-state index in [1.165, 1.54) is 11.1 Å². The molecule has 0 aromatic heterocycles. The van der Waals surface area contributed by atoms with E-state index in [1.54, 1.807) is 18.7 Å². The van der Waals surface area contributed by atoms with E-state index in [0.29, 0.717) is 6.61 Å². The number of aliphatic hydroxyl groups is 1. The van der Waals surface area contributed by atoms with Crippen LogP contribution in [0.25, 0.3) is 0 Å². The van der Waals surface area contributed by atoms with Gasteiger partial charge in [-0.25, -0.2) is 0 Å². The van der Waals surface area contributed by atoms with Crippen LogP contribution in [0.4, 0.5) is 5.69 Å². The number of rotatable bonds is 11. The van der Waals surface area contributed by atoms with Crippen molar-refractivity contribution in [1.82, 2.24) is 4.90 Å². The number of hydrogen-bond donors (Lipinski definition) is 1. The van der Waals surface area contributed by atoms with Crippen molar-refractivity contribution in [2.45, 2.75) is 64.9 Å². The lowest BCUT2D eigenvalue weighted by Gasteiger charge is -2.28. The Hall–Kier alpha value is -2.50. The summed E-state index contributed by atoms with van der Waals surface area (Å²) in [6, 6.07) is 12.3. The summed E-state index contributed by atoms with van der Waals surface area (Å²) in [5.74, 6) is 1.19. The molecule has 1 heterocycles. The van der Waals surface area contributed by atoms with E-state index in [9.17, 15) is 9.90 Å². The molecule has 5 nitrogen and oxygen atoms in total. The van der Waals surface area contributed by atoms with Gasteiger partial charge in [0.15, 0.2) is 0 Å². The number of aliphatic hydroxyl groups excluding tert-OH is 1. The van der Waals surface area contributed by atoms with E-state index < -0.39 is 6.10 Å². The minimum absolute atomic E-state index is 0.0966. The SMILES string of the molecule is CCCc1cc(Cl)ccc1C1COc2ccc(C(C)O)cc2N(CCC/C=C/CCN(C)C(C)=O)C1. The second-order valence-corrected chi connectivity index (χ2v) is 10.2. The second kappa shape index (κ2) is 13.7. The number of anilines is 1. The van der Waals surface area contributed by atoms with Gasteiger partial charge in [0.25, 0.3) is 0 Å². The highest BCUT2D eigenvalue weighted by Crippen LogP contribution is 2.38. The first kappa shape index (κ1) is 28.1. The molecule has 0 spiro atoms. The van der Waals surface area contributed by atoms with Gasteiger partial charge in [-0.3, -0.25) is 4.79 Å². The highest BCUT2D eigenvalue weighted by atomic mass is 35.5. The zero-order valence-electron chi connectivity index (χ0n) is 22.2. The molecule has 0 saturated carbocycles. The minimum atomic E-state index is -0.528. The summed E-state index contributed by atoms with van der Waals surface area (Å²) in [4.78, 5) is 15.5. The number of carbonyl (C=O) groups is 1. The van der Waals surface area contributed by atoms with Gasteiger partial charge in [0.05, 0.1) is 18.4 Å². The van der Waals surface area contributed by atoms with Crippen LogP contribution in [-0.4, -0.2) is 49.2 Å². The molecule has 0 aliphatic carbocycles. The van der Waals surface area contributed by atoms with Crippen LogP contribution in [0.1, 0.15) is 75.2 Å². The van der Waals surface area contributed by atoms with Gasteiger partial charge in [-0.05, 0) is 73.6 Å². The molecule has 3 rings (SSSR count). The summed E-state index contributed by atoms with van der Waals surface area (Å²) < 4.78 is 6.34. The van der Waals surface area contributed by atoms with Crippen LogP contribution in [0.5, 0.6) is 5.75 Å². The van der Waals surface area contributed by atoms with Crippen molar-refractivity contribution in [3.63, 3.8) is 0 Å². The summed E-state index contributed by atoms with van der Waals surface area (Å²) in [7, 11) is 1.83. The standard InChI is InChI=1S/C30H41ClN2O3/c1-5-11-25-18-27(31)13-14-28(25)26-20-33(17-10-8-6-7-9-16-32(4)23(3)35)29-19-24(22(2)34)12-15-30(29)36-21-26/h6-7,12-15,18-19,22,26,34H,5,8-11,16-17,20-21H2,1-4H3/b7-6+. The maximum atomic E-state index is 11.3. The van der Waals surface area contributed by atoms with Crippen LogP contribution < -0.4 is 9.64 Å². The third-order valence-corrected chi connectivity index (χ3v) is 7.12. The molecule has 1 aliphatic heterocycles. The van der Waals surface area contributed by atoms with E-state index in [-0.39, 0.29) is 11.8 Å². The van der Waals surface area contributed by atoms with Crippen molar-refractivity contribution in [3.05, 3.63) is 70.3 Å². The summed E-state index contributed by atoms with van der Waals surface area (Å²) in [6.45, 7) is 8.68. The molecule has 36 heavy (non-hydrogen) atoms. The molecule has 1 N–H and O–H groups in total. The number of hydrogen-bond acceptors (Lipinski definition) is 4. The van der Waals surface area contributed by atoms with Crippen molar-refractivity contribution in [3.8, 4) is 5.75 Å². The third kappa shape index (κ3) is 7.75. The fourth-order valence-corrected chi connectivity index (χ4v) is 4.89. The van der Waals surface area contributed by atoms with Crippen LogP contribution in [-0.2, 0) is 11.2 Å². The fraction of sp³-hybridized carbons (Fsp3) is 0.500. The molecule has 2 atom stereocenters. The Morgan fingerprint density at radius 1 is 1.25 bits per heavy atom. The lowest BCUT2D eigenvalue weighted by atomic mass is 9.92. The molecule has 0 bridgehead atoms. The Labute approximate surface area is 221 Å². The Balaban J connectivity index is 1.75. The molecule has 0 radical (unpaired) electrons. The van der Waals surface area contributed by atoms with Gasteiger partial charge in [0.2, 0.25) is 5.91 Å². The van der Waals surface area contributed by atoms with Gasteiger partial charge < -0.3 is 19.6 Å². The first-order valence-electron chi connectivity index (χ1n) is 13.1. The van der Waals surface area contributed by atoms with Crippen molar-refractivity contribution in [2.24, 2.45) is 0 Å². The number of unbranched alkanes of at least 4 members (excludes halogenated alkanes) is 1. The van der Waals surface area contributed by atoms with E-state index in [2.05, 4.69) is 42.2 Å². The molecule has 1 amide bonds. The topological polar surface area (TPSA) is 53.0 Å². The van der Waals surface area contributed by atoms with Gasteiger partial charge in [-0.2, -0.15) is 0 Å². The maximum Gasteiger partial charge on any atom is 0.219 e. The van der Waals surface area contributed by atoms with Gasteiger partial charge in [0.1, 0.15) is 5.75 Å². The average molecular weight is 513 g/mol. The fourth-order valence-electron chi connectivity index (χ4n) is 4.69. The zero-order chi connectivity index (χ0) is 26.1. The lowest BCUT2D eigenvalue weighted by Crippen LogP contribution is -2.30. The molecule has 6 heteroatoms. The smallest absolute Gasteiger partial charge is 0.219 e. The van der Waals surface area contributed by atoms with Gasteiger partial charge in [0, 0.05) is 44.5 Å². The number of benzene rings is 2. The van der Waals surface area contributed by atoms with Gasteiger partial charge in [-0.1, -0.05) is 49.2 Å². The minimum Gasteiger partial charge on any atom is -0.491 e. The summed E-state index contributed by atoms with van der Waals surface area (Å²) in [5.41, 5.74) is 4.55. The van der Waals surface area contributed by atoms with Gasteiger partial charge in [-0.15, -0.1) is 0 Å². The predicted octanol–water partition coefficient (Wildman–Crippen LogP) is 6.53. The van der Waals surface area contributed by atoms with E-state index in [4.69, 9.17) is 16.3 Å². The molecule has 2 unspecified atom stereocenters. The van der Waals surface area contributed by atoms with E-state index >= 15 is 0 Å². The van der Waals surface area contributed by atoms with Crippen molar-refractivity contribution >= 4 is 23.2 Å². The Morgan fingerprint density at radius 2 is 2.03 bits per heavy atom. The monoisotopic (exact) mass is 512 g/mol. The number of aryl methyl sites for hydroxylation is 1. The molecule has 196 valence electrons. The number of allylic oxidation sites excluding steroid dienone is 1. The summed E-state index contributed by atoms with van der Waals surface area (Å²) in [6.07, 6.45) is 8.76. The Kier molecular flexibility index (Phi) is 10.7. The normalized spacial score (nSPS) is 16.4. The number of ether oxygens (including phenoxy) is 1. The highest BCUT2D eigenvalue weighted by molar-refractivity contribution is 6.30. The summed E-state index contributed by atoms with van der Waals surface area (Å²) >= 11 is 6.33. The van der Waals surface area contributed by atoms with Crippen LogP contribution >= 0.6 is 11.6 Å². The quantitative estimate of drug-likeness (QED) is 0.274. The first-order valence-corrected chi connectivity index (χ1v) is 13.5. The number of halogens is 1. The maximum absolute atomic E-state index is 11.3. The van der Waals surface area contributed by atoms with Crippen LogP contribution in [0.2, 0.25) is 5.02 Å². The van der Waals surface area contributed by atoms with Gasteiger partial charge >= 0.3 is 0 Å². The van der Waals surface area contributed by atoms with Crippen molar-refractivity contribution in [2.75, 3.05) is 38.2 Å². The first-order chi connectivity index (χ1) is 17.3. The van der Waals surface area contributed by atoms with Crippen molar-refractivity contribution < 1.29 is 14.6 Å². The molecule has 0 saturated heterocycles. The number of amides is 1. The van der Waals surface area contributed by atoms with Crippen LogP contribution in [0, 0.1) is 0 Å². The Bertz CT molecular complexity index is 1040. The zero-order valence-corrected chi connectivity index (χ0v) is 22.9. The summed E-state index contributed by atoms with van der Waals surface area (Å²) in [5, 5.41) is 11.0. The van der Waals surface area contributed by atoms with Crippen LogP contribution in [0.3, 0.4) is 0 Å². The second-order valence-electron chi connectivity index (χ2n) is 9.79. The molecule has 0 fully saturated rings. The molecule has 2 aromatic rings. The number of fused-ring (bicyclic) bond motifs is 1. The largest absolute Gasteiger partial charge is 0.491 e. The highest BCUT2D eigenvalue weighted by Gasteiger charge is 2.26. The van der Waals surface area contributed by atoms with E-state index in [1.807, 2.05) is 25.2 Å². The number of nitrogens with zero attached hydrogens (tertiary/aromatic N) is 2. The molecular weight excluding hydrogens is 472 g/mol. The average Bonchev–Trinajstić information content (AvgIpc) is 3.02. The van der Waals surface area contributed by atoms with Crippen LogP contribution in [0.15, 0.2) is 48.6 Å². The predicted molar refractivity (Wildman–Crippen MR) is 149 cm³/mol. The molecular formula is C30H41ClN2O3. The van der Waals surface area contributed by atoms with Crippen molar-refractivity contribution in [1.29, 1.82) is 0 Å². The number of carbonyl (C=O) groups excluding carboxylic acids is 1. The lowest BCUT2D eigenvalue weighted by molar-refractivity contribution is -0.127. The van der Waals surface area contributed by atoms with E-state index in [0.717, 1.165) is 73.8 Å². The molecule has 1 aliphatic rings. The molecule has 2 aromatic carbocycles. The third-order valence-electron chi connectivity index (χ3n) is 6.89. The Morgan fingerprint density at radius 3 is 2.75 bits per heavy atom.